The van der Waals surface area contributed by atoms with Gasteiger partial charge in [0.15, 0.2) is 11.5 Å². The van der Waals surface area contributed by atoms with Crippen molar-refractivity contribution >= 4 is 22.8 Å². The molecule has 0 bridgehead atoms. The molecule has 7 nitrogen and oxygen atoms in total. The zero-order valence-corrected chi connectivity index (χ0v) is 15.4. The number of amides is 1. The summed E-state index contributed by atoms with van der Waals surface area (Å²) in [6.45, 7) is 4.08. The van der Waals surface area contributed by atoms with Crippen LogP contribution in [0.4, 0.5) is 5.82 Å². The first-order chi connectivity index (χ1) is 13.0. The van der Waals surface area contributed by atoms with Gasteiger partial charge in [-0.1, -0.05) is 30.3 Å². The van der Waals surface area contributed by atoms with Crippen molar-refractivity contribution in [1.82, 2.24) is 24.5 Å². The van der Waals surface area contributed by atoms with E-state index in [-0.39, 0.29) is 11.9 Å². The summed E-state index contributed by atoms with van der Waals surface area (Å²) in [6.07, 6.45) is 3.48. The third kappa shape index (κ3) is 3.19. The fraction of sp³-hybridized carbons (Fsp3) is 0.200. The Hall–Kier alpha value is -3.48. The van der Waals surface area contributed by atoms with Crippen LogP contribution in [0.25, 0.3) is 22.3 Å². The van der Waals surface area contributed by atoms with Crippen LogP contribution in [-0.2, 0) is 7.05 Å². The SMILES string of the molecule is CC(C)n1ncc2c(C(=O)Nc3ccn(C)n3)cc(-c3ccccc3)nc21. The van der Waals surface area contributed by atoms with E-state index in [0.717, 1.165) is 16.6 Å². The van der Waals surface area contributed by atoms with E-state index >= 15 is 0 Å². The highest BCUT2D eigenvalue weighted by Gasteiger charge is 2.19. The molecule has 3 aromatic heterocycles. The first-order valence-corrected chi connectivity index (χ1v) is 8.77. The normalized spacial score (nSPS) is 11.3. The molecule has 136 valence electrons. The molecule has 0 saturated carbocycles. The number of hydrogen-bond donors (Lipinski definition) is 1. The van der Waals surface area contributed by atoms with Crippen molar-refractivity contribution in [2.45, 2.75) is 19.9 Å². The lowest BCUT2D eigenvalue weighted by atomic mass is 10.1. The number of carbonyl (C=O) groups excluding carboxylic acids is 1. The van der Waals surface area contributed by atoms with Crippen LogP contribution in [0.2, 0.25) is 0 Å². The van der Waals surface area contributed by atoms with Gasteiger partial charge in [0, 0.05) is 30.9 Å². The fourth-order valence-corrected chi connectivity index (χ4v) is 3.01. The topological polar surface area (TPSA) is 77.6 Å². The molecule has 1 N–H and O–H groups in total. The van der Waals surface area contributed by atoms with Crippen molar-refractivity contribution in [2.75, 3.05) is 5.32 Å². The molecule has 0 aliphatic carbocycles. The quantitative estimate of drug-likeness (QED) is 0.602. The van der Waals surface area contributed by atoms with Gasteiger partial charge in [-0.15, -0.1) is 0 Å². The summed E-state index contributed by atoms with van der Waals surface area (Å²) in [5.74, 6) is 0.270. The van der Waals surface area contributed by atoms with Crippen LogP contribution in [0.3, 0.4) is 0 Å². The van der Waals surface area contributed by atoms with E-state index in [2.05, 4.69) is 15.5 Å². The van der Waals surface area contributed by atoms with E-state index in [0.29, 0.717) is 17.0 Å². The van der Waals surface area contributed by atoms with E-state index in [1.807, 2.05) is 54.9 Å². The number of fused-ring (bicyclic) bond motifs is 1. The van der Waals surface area contributed by atoms with Gasteiger partial charge in [0.2, 0.25) is 0 Å². The highest BCUT2D eigenvalue weighted by atomic mass is 16.1. The highest BCUT2D eigenvalue weighted by molar-refractivity contribution is 6.12. The van der Waals surface area contributed by atoms with Crippen LogP contribution in [0.5, 0.6) is 0 Å². The maximum Gasteiger partial charge on any atom is 0.257 e. The number of anilines is 1. The predicted molar refractivity (Wildman–Crippen MR) is 105 cm³/mol. The zero-order chi connectivity index (χ0) is 19.0. The van der Waals surface area contributed by atoms with Gasteiger partial charge in [0.05, 0.1) is 22.8 Å². The molecular weight excluding hydrogens is 340 g/mol. The number of aryl methyl sites for hydroxylation is 1. The summed E-state index contributed by atoms with van der Waals surface area (Å²) in [7, 11) is 1.81. The molecule has 4 aromatic rings. The molecule has 0 spiro atoms. The minimum absolute atomic E-state index is 0.132. The third-order valence-electron chi connectivity index (χ3n) is 4.33. The van der Waals surface area contributed by atoms with E-state index in [4.69, 9.17) is 4.98 Å². The average molecular weight is 360 g/mol. The second-order valence-corrected chi connectivity index (χ2v) is 6.67. The highest BCUT2D eigenvalue weighted by Crippen LogP contribution is 2.26. The Labute approximate surface area is 156 Å². The van der Waals surface area contributed by atoms with Crippen molar-refractivity contribution < 1.29 is 4.79 Å². The second kappa shape index (κ2) is 6.68. The number of carbonyl (C=O) groups is 1. The largest absolute Gasteiger partial charge is 0.305 e. The van der Waals surface area contributed by atoms with Crippen LogP contribution in [0, 0.1) is 0 Å². The van der Waals surface area contributed by atoms with Gasteiger partial charge < -0.3 is 5.32 Å². The summed E-state index contributed by atoms with van der Waals surface area (Å²) in [6, 6.07) is 13.5. The molecule has 7 heteroatoms. The first-order valence-electron chi connectivity index (χ1n) is 8.77. The lowest BCUT2D eigenvalue weighted by molar-refractivity contribution is 0.102. The Morgan fingerprint density at radius 3 is 2.59 bits per heavy atom. The minimum atomic E-state index is -0.235. The number of nitrogens with one attached hydrogen (secondary N) is 1. The first kappa shape index (κ1) is 17.0. The third-order valence-corrected chi connectivity index (χ3v) is 4.33. The maximum atomic E-state index is 13.0. The van der Waals surface area contributed by atoms with Gasteiger partial charge in [-0.3, -0.25) is 9.48 Å². The number of hydrogen-bond acceptors (Lipinski definition) is 4. The van der Waals surface area contributed by atoms with Gasteiger partial charge in [-0.05, 0) is 19.9 Å². The molecule has 0 fully saturated rings. The standard InChI is InChI=1S/C20H20N6O/c1-13(2)26-19-16(12-21-26)15(20(27)23-18-9-10-25(3)24-18)11-17(22-19)14-7-5-4-6-8-14/h4-13H,1-3H3,(H,23,24,27). The maximum absolute atomic E-state index is 13.0. The van der Waals surface area contributed by atoms with Gasteiger partial charge in [-0.25, -0.2) is 9.67 Å². The van der Waals surface area contributed by atoms with E-state index in [1.54, 1.807) is 30.2 Å². The summed E-state index contributed by atoms with van der Waals surface area (Å²) < 4.78 is 3.48. The minimum Gasteiger partial charge on any atom is -0.305 e. The number of aromatic nitrogens is 5. The molecule has 0 atom stereocenters. The Balaban J connectivity index is 1.86. The Kier molecular flexibility index (Phi) is 4.19. The molecule has 0 unspecified atom stereocenters. The Morgan fingerprint density at radius 1 is 1.15 bits per heavy atom. The Morgan fingerprint density at radius 2 is 1.93 bits per heavy atom. The molecule has 1 aromatic carbocycles. The molecule has 3 heterocycles. The molecule has 0 aliphatic rings. The Bertz CT molecular complexity index is 1110. The van der Waals surface area contributed by atoms with Gasteiger partial charge in [0.25, 0.3) is 5.91 Å². The van der Waals surface area contributed by atoms with Crippen LogP contribution in [0.15, 0.2) is 54.9 Å². The lowest BCUT2D eigenvalue weighted by Crippen LogP contribution is -2.14. The molecular formula is C20H20N6O. The van der Waals surface area contributed by atoms with Crippen molar-refractivity contribution in [3.8, 4) is 11.3 Å². The van der Waals surface area contributed by atoms with Crippen molar-refractivity contribution in [3.63, 3.8) is 0 Å². The van der Waals surface area contributed by atoms with Crippen molar-refractivity contribution in [1.29, 1.82) is 0 Å². The molecule has 27 heavy (non-hydrogen) atoms. The number of nitrogens with zero attached hydrogens (tertiary/aromatic N) is 5. The second-order valence-electron chi connectivity index (χ2n) is 6.67. The summed E-state index contributed by atoms with van der Waals surface area (Å²) in [4.78, 5) is 17.8. The van der Waals surface area contributed by atoms with Gasteiger partial charge in [0.1, 0.15) is 0 Å². The molecule has 0 radical (unpaired) electrons. The summed E-state index contributed by atoms with van der Waals surface area (Å²) in [5.41, 5.74) is 2.90. The van der Waals surface area contributed by atoms with Crippen molar-refractivity contribution in [2.24, 2.45) is 7.05 Å². The van der Waals surface area contributed by atoms with Crippen molar-refractivity contribution in [3.05, 3.63) is 60.4 Å². The molecule has 0 saturated heterocycles. The fourth-order valence-electron chi connectivity index (χ4n) is 3.01. The van der Waals surface area contributed by atoms with Crippen LogP contribution in [0.1, 0.15) is 30.2 Å². The monoisotopic (exact) mass is 360 g/mol. The van der Waals surface area contributed by atoms with E-state index < -0.39 is 0 Å². The number of benzene rings is 1. The smallest absolute Gasteiger partial charge is 0.257 e. The molecule has 4 rings (SSSR count). The zero-order valence-electron chi connectivity index (χ0n) is 15.4. The van der Waals surface area contributed by atoms with E-state index in [1.165, 1.54) is 0 Å². The van der Waals surface area contributed by atoms with Crippen LogP contribution in [-0.4, -0.2) is 30.5 Å². The van der Waals surface area contributed by atoms with E-state index in [9.17, 15) is 4.79 Å². The summed E-state index contributed by atoms with van der Waals surface area (Å²) in [5, 5.41) is 12.2. The van der Waals surface area contributed by atoms with Gasteiger partial charge in [-0.2, -0.15) is 10.2 Å². The summed E-state index contributed by atoms with van der Waals surface area (Å²) >= 11 is 0. The number of rotatable bonds is 4. The average Bonchev–Trinajstić information content (AvgIpc) is 3.27. The molecule has 1 amide bonds. The van der Waals surface area contributed by atoms with Crippen LogP contribution >= 0.6 is 0 Å². The lowest BCUT2D eigenvalue weighted by Gasteiger charge is -2.10. The van der Waals surface area contributed by atoms with Crippen LogP contribution < -0.4 is 5.32 Å². The van der Waals surface area contributed by atoms with Gasteiger partial charge >= 0.3 is 0 Å². The molecule has 0 aliphatic heterocycles. The predicted octanol–water partition coefficient (Wildman–Crippen LogP) is 3.67. The number of pyridine rings is 1.